The van der Waals surface area contributed by atoms with Gasteiger partial charge >= 0.3 is 132 Å². The summed E-state index contributed by atoms with van der Waals surface area (Å²) in [5.41, 5.74) is 17.3. The minimum absolute atomic E-state index is 0. The van der Waals surface area contributed by atoms with Crippen LogP contribution in [-0.4, -0.2) is 65.3 Å². The van der Waals surface area contributed by atoms with E-state index in [2.05, 4.69) is 204 Å². The largest absolute Gasteiger partial charge is 1.00 e. The van der Waals surface area contributed by atoms with E-state index in [1.54, 1.807) is 0 Å². The molecule has 0 spiro atoms. The van der Waals surface area contributed by atoms with Gasteiger partial charge < -0.3 is 28.9 Å². The van der Waals surface area contributed by atoms with Gasteiger partial charge in [-0.05, 0) is 160 Å². The predicted molar refractivity (Wildman–Crippen MR) is 381 cm³/mol. The number of hydrogen-bond donors (Lipinski definition) is 0. The normalized spacial score (nSPS) is 14.2. The molecule has 4 saturated heterocycles. The maximum Gasteiger partial charge on any atom is 1.00 e. The van der Waals surface area contributed by atoms with Crippen LogP contribution in [0.3, 0.4) is 0 Å². The molecule has 4 heterocycles. The van der Waals surface area contributed by atoms with Gasteiger partial charge in [0.1, 0.15) is 0 Å². The molecule has 4 aliphatic heterocycles. The van der Waals surface area contributed by atoms with Crippen molar-refractivity contribution in [2.75, 3.05) is 52.9 Å². The molecule has 90 heavy (non-hydrogen) atoms. The summed E-state index contributed by atoms with van der Waals surface area (Å²) >= 11 is -0.189. The number of aryl methyl sites for hydroxylation is 4. The third-order valence-corrected chi connectivity index (χ3v) is 16.8. The van der Waals surface area contributed by atoms with Gasteiger partial charge in [0.05, 0.1) is 11.4 Å². The molecule has 10 rings (SSSR count). The molecule has 0 aliphatic carbocycles. The number of para-hydroxylation sites is 2. The molecule has 0 N–H and O–H groups in total. The second kappa shape index (κ2) is 53.7. The van der Waals surface area contributed by atoms with E-state index in [9.17, 15) is 0 Å². The first kappa shape index (κ1) is 88.8. The molecule has 490 valence electrons. The van der Waals surface area contributed by atoms with E-state index in [4.69, 9.17) is 64.8 Å². The summed E-state index contributed by atoms with van der Waals surface area (Å²) in [6.07, 6.45) is 14.2. The van der Waals surface area contributed by atoms with Crippen LogP contribution in [0.1, 0.15) is 197 Å². The summed E-state index contributed by atoms with van der Waals surface area (Å²) in [6, 6.07) is 45.9. The van der Waals surface area contributed by atoms with E-state index in [0.29, 0.717) is 23.7 Å². The monoisotopic (exact) mass is 1660 g/mol. The molecule has 18 heteroatoms. The molecule has 6 aromatic carbocycles. The quantitative estimate of drug-likeness (QED) is 0.0469. The van der Waals surface area contributed by atoms with Crippen molar-refractivity contribution >= 4 is 83.2 Å². The molecular weight excluding hydrogens is 1560 g/mol. The molecule has 0 amide bonds. The van der Waals surface area contributed by atoms with Crippen LogP contribution in [0.4, 0.5) is 11.4 Å². The first-order valence-corrected chi connectivity index (χ1v) is 49.6. The Morgan fingerprint density at radius 3 is 0.822 bits per heavy atom. The Bertz CT molecular complexity index is 2580. The Hall–Kier alpha value is 0.784. The number of benzene rings is 6. The van der Waals surface area contributed by atoms with Crippen LogP contribution < -0.4 is 37.7 Å². The van der Waals surface area contributed by atoms with E-state index < -0.39 is 58.4 Å². The average molecular weight is 1660 g/mol. The average Bonchev–Trinajstić information content (AvgIpc) is 4.29. The predicted octanol–water partition coefficient (Wildman–Crippen LogP) is 18.1. The van der Waals surface area contributed by atoms with Gasteiger partial charge in [0.15, 0.2) is 0 Å². The number of thioether (sulfide) groups is 2. The van der Waals surface area contributed by atoms with Crippen molar-refractivity contribution in [3.63, 3.8) is 0 Å². The van der Waals surface area contributed by atoms with Crippen LogP contribution >= 0.6 is 59.4 Å². The van der Waals surface area contributed by atoms with Crippen molar-refractivity contribution in [1.82, 2.24) is 0 Å². The van der Waals surface area contributed by atoms with E-state index in [1.807, 2.05) is 36.0 Å². The van der Waals surface area contributed by atoms with Gasteiger partial charge in [0.25, 0.3) is 0 Å². The zero-order valence-electron chi connectivity index (χ0n) is 55.9. The van der Waals surface area contributed by atoms with Gasteiger partial charge in [-0.1, -0.05) is 128 Å². The third-order valence-electron chi connectivity index (χ3n) is 14.0. The number of nitrogens with zero attached hydrogens (tertiary/aromatic N) is 2. The molecule has 6 nitrogen and oxygen atoms in total. The Labute approximate surface area is 619 Å². The van der Waals surface area contributed by atoms with E-state index in [-0.39, 0.29) is 37.7 Å². The van der Waals surface area contributed by atoms with Gasteiger partial charge in [-0.2, -0.15) is 0 Å². The van der Waals surface area contributed by atoms with Crippen molar-refractivity contribution in [2.24, 2.45) is 9.98 Å². The Morgan fingerprint density at radius 1 is 0.389 bits per heavy atom. The van der Waals surface area contributed by atoms with Crippen LogP contribution in [0.25, 0.3) is 0 Å². The molecule has 0 saturated carbocycles. The van der Waals surface area contributed by atoms with Crippen LogP contribution in [0, 0.1) is 98.2 Å². The van der Waals surface area contributed by atoms with E-state index >= 15 is 0 Å². The third kappa shape index (κ3) is 38.8. The molecule has 6 aromatic rings. The number of halogens is 6. The van der Waals surface area contributed by atoms with Crippen LogP contribution in [0.2, 0.25) is 0 Å². The second-order valence-corrected chi connectivity index (χ2v) is 44.5. The smallest absolute Gasteiger partial charge is 1.00 e. The summed E-state index contributed by atoms with van der Waals surface area (Å²) in [5.74, 6) is 33.5. The van der Waals surface area contributed by atoms with Crippen molar-refractivity contribution in [2.45, 2.75) is 179 Å². The number of rotatable bonds is 14. The minimum Gasteiger partial charge on any atom is 1.00 e. The summed E-state index contributed by atoms with van der Waals surface area (Å²) in [6.45, 7) is 34.6. The second-order valence-electron chi connectivity index (χ2n) is 22.6. The summed E-state index contributed by atoms with van der Waals surface area (Å²) < 4.78 is 19.8. The molecule has 0 radical (unpaired) electrons. The standard InChI is InChI=1S/2C28H32NS.4C4H8O.6ClH.2Gd.2Li/c2*1-19(2)25-14-9-15-26(20(3)4)27(25)29-17-23-12-8-13-24(16-23)18-30-28-21(5)10-7-11-22(28)6;4*1-2-4-5-3-1;;;;;;;;;;/h2*7-15,17,19-20H,18H2,1-6H3;4*1-4H2;6*1H;;;;/q2*-1;;;;;;;;;;;2*+3;2*+1/p-6. The fourth-order valence-electron chi connectivity index (χ4n) is 9.38. The number of ether oxygens (including phenoxy) is 4. The van der Waals surface area contributed by atoms with Crippen molar-refractivity contribution < 1.29 is 115 Å². The molecule has 4 aliphatic rings. The Kier molecular flexibility index (Phi) is 53.0. The van der Waals surface area contributed by atoms with Crippen molar-refractivity contribution in [3.8, 4) is 0 Å². The Balaban J connectivity index is 0.000000617. The topological polar surface area (TPSA) is 61.6 Å². The first-order chi connectivity index (χ1) is 42.2. The SMILES string of the molecule is C1CCOC1.C1CCOC1.C1CCOC1.C1CCOC1.Cc1cccc(C)c1SCc1[c-]c(C=Nc2c(C(C)C)cccc2C(C)C)ccc1.Cc1cccc(C)c1SCc1[c-]c(C=Nc2c(C(C)C)cccc2C(C)C)ccc1.[Cl][Gd]([Cl])[Cl].[Cl][Gd]([Cl])[Cl].[Li+].[Li+]. The molecule has 4 fully saturated rings. The van der Waals surface area contributed by atoms with Crippen LogP contribution in [0.15, 0.2) is 129 Å². The van der Waals surface area contributed by atoms with Crippen LogP contribution in [0.5, 0.6) is 0 Å². The summed E-state index contributed by atoms with van der Waals surface area (Å²) in [4.78, 5) is 12.6. The summed E-state index contributed by atoms with van der Waals surface area (Å²) in [5, 5.41) is 0. The molecule has 0 unspecified atom stereocenters. The van der Waals surface area contributed by atoms with E-state index in [1.165, 1.54) is 117 Å². The molecule has 0 bridgehead atoms. The summed E-state index contributed by atoms with van der Waals surface area (Å²) in [7, 11) is 0. The number of aliphatic imine (C=N–C) groups is 2. The van der Waals surface area contributed by atoms with Gasteiger partial charge in [-0.25, -0.2) is 0 Å². The first-order valence-electron chi connectivity index (χ1n) is 30.6. The van der Waals surface area contributed by atoms with Gasteiger partial charge in [-0.3, -0.25) is 0 Å². The molecule has 0 aromatic heterocycles. The van der Waals surface area contributed by atoms with Gasteiger partial charge in [0.2, 0.25) is 0 Å². The van der Waals surface area contributed by atoms with Crippen molar-refractivity contribution in [1.29, 1.82) is 0 Å². The van der Waals surface area contributed by atoms with Gasteiger partial charge in [-0.15, -0.1) is 94.3 Å². The molecular formula is C72H96Cl6Gd2Li2N2O4S2. The fraction of sp³-hybridized carbons (Fsp3) is 0.472. The maximum absolute atomic E-state index is 4.98. The van der Waals surface area contributed by atoms with Crippen LogP contribution in [-0.2, 0) is 30.5 Å². The zero-order chi connectivity index (χ0) is 64.6. The van der Waals surface area contributed by atoms with Gasteiger partial charge in [0, 0.05) is 74.2 Å². The Morgan fingerprint density at radius 2 is 0.611 bits per heavy atom. The maximum atomic E-state index is 4.98. The van der Waals surface area contributed by atoms with Crippen molar-refractivity contribution in [3.05, 3.63) is 188 Å². The van der Waals surface area contributed by atoms with E-state index in [0.717, 1.165) is 86.9 Å². The zero-order valence-corrected chi connectivity index (χ0v) is 66.6. The number of hydrogen-bond acceptors (Lipinski definition) is 8. The fourth-order valence-corrected chi connectivity index (χ4v) is 11.5. The minimum atomic E-state index is -1.98. The molecule has 0 atom stereocenters.